The molecule has 0 bridgehead atoms. The lowest BCUT2D eigenvalue weighted by atomic mass is 10.2. The van der Waals surface area contributed by atoms with Crippen LogP contribution >= 0.6 is 0 Å². The smallest absolute Gasteiger partial charge is 0.163 e. The van der Waals surface area contributed by atoms with Crippen LogP contribution in [0.4, 0.5) is 8.78 Å². The molecule has 1 rings (SSSR count). The lowest BCUT2D eigenvalue weighted by molar-refractivity contribution is 0.161. The van der Waals surface area contributed by atoms with Gasteiger partial charge in [-0.3, -0.25) is 0 Å². The van der Waals surface area contributed by atoms with Crippen LogP contribution in [0.3, 0.4) is 0 Å². The van der Waals surface area contributed by atoms with Crippen molar-refractivity contribution in [1.29, 1.82) is 0 Å². The van der Waals surface area contributed by atoms with Crippen molar-refractivity contribution >= 4 is 0 Å². The molecule has 1 aromatic rings. The van der Waals surface area contributed by atoms with Gasteiger partial charge in [-0.1, -0.05) is 12.1 Å². The molecule has 0 fully saturated rings. The summed E-state index contributed by atoms with van der Waals surface area (Å²) in [4.78, 5) is 2.11. The van der Waals surface area contributed by atoms with Crippen LogP contribution < -0.4 is 5.32 Å². The molecule has 0 aliphatic heterocycles. The Balaban J connectivity index is 2.23. The highest BCUT2D eigenvalue weighted by Gasteiger charge is 2.06. The van der Waals surface area contributed by atoms with E-state index in [0.717, 1.165) is 25.7 Å². The Kier molecular flexibility index (Phi) is 6.78. The molecular weight excluding hydrogens is 238 g/mol. The number of likely N-dealkylation sites (N-methyl/N-ethyl adjacent to an activating group) is 1. The molecule has 0 aromatic heterocycles. The molecule has 18 heavy (non-hydrogen) atoms. The first-order valence-electron chi connectivity index (χ1n) is 5.96. The van der Waals surface area contributed by atoms with Gasteiger partial charge in [0.15, 0.2) is 11.6 Å². The van der Waals surface area contributed by atoms with Gasteiger partial charge < -0.3 is 15.0 Å². The van der Waals surface area contributed by atoms with Crippen LogP contribution in [-0.2, 0) is 11.3 Å². The van der Waals surface area contributed by atoms with Gasteiger partial charge in [-0.2, -0.15) is 0 Å². The number of rotatable bonds is 8. The molecule has 0 aliphatic rings. The first-order chi connectivity index (χ1) is 8.65. The van der Waals surface area contributed by atoms with E-state index in [1.54, 1.807) is 13.2 Å². The van der Waals surface area contributed by atoms with Crippen molar-refractivity contribution in [3.63, 3.8) is 0 Å². The molecule has 5 heteroatoms. The number of hydrogen-bond donors (Lipinski definition) is 1. The second kappa shape index (κ2) is 8.13. The predicted octanol–water partition coefficient (Wildman–Crippen LogP) is 1.63. The highest BCUT2D eigenvalue weighted by atomic mass is 19.2. The highest BCUT2D eigenvalue weighted by Crippen LogP contribution is 2.10. The number of hydrogen-bond acceptors (Lipinski definition) is 3. The maximum absolute atomic E-state index is 13.3. The van der Waals surface area contributed by atoms with Gasteiger partial charge in [0, 0.05) is 38.9 Å². The fourth-order valence-corrected chi connectivity index (χ4v) is 1.54. The zero-order chi connectivity index (χ0) is 13.4. The van der Waals surface area contributed by atoms with Crippen LogP contribution in [0.2, 0.25) is 0 Å². The molecule has 0 amide bonds. The molecule has 0 radical (unpaired) electrons. The van der Waals surface area contributed by atoms with E-state index in [4.69, 9.17) is 4.74 Å². The van der Waals surface area contributed by atoms with Crippen molar-refractivity contribution in [2.24, 2.45) is 0 Å². The molecule has 0 saturated carbocycles. The quantitative estimate of drug-likeness (QED) is 0.717. The monoisotopic (exact) mass is 258 g/mol. The predicted molar refractivity (Wildman–Crippen MR) is 67.4 cm³/mol. The Morgan fingerprint density at radius 1 is 1.28 bits per heavy atom. The maximum Gasteiger partial charge on any atom is 0.163 e. The largest absolute Gasteiger partial charge is 0.383 e. The van der Waals surface area contributed by atoms with Gasteiger partial charge >= 0.3 is 0 Å². The maximum atomic E-state index is 13.3. The average Bonchev–Trinajstić information content (AvgIpc) is 2.37. The summed E-state index contributed by atoms with van der Waals surface area (Å²) in [6.07, 6.45) is 0. The molecule has 0 spiro atoms. The molecule has 0 aliphatic carbocycles. The van der Waals surface area contributed by atoms with E-state index in [1.165, 1.54) is 6.07 Å². The minimum absolute atomic E-state index is 0.335. The van der Waals surface area contributed by atoms with Crippen molar-refractivity contribution in [3.05, 3.63) is 35.4 Å². The molecule has 1 aromatic carbocycles. The summed E-state index contributed by atoms with van der Waals surface area (Å²) in [5.74, 6) is -1.57. The Morgan fingerprint density at radius 2 is 2.06 bits per heavy atom. The van der Waals surface area contributed by atoms with E-state index in [1.807, 2.05) is 7.05 Å². The summed E-state index contributed by atoms with van der Waals surface area (Å²) in [6, 6.07) is 4.22. The Hall–Kier alpha value is -1.04. The molecule has 102 valence electrons. The summed E-state index contributed by atoms with van der Waals surface area (Å²) in [7, 11) is 3.66. The third-order valence-electron chi connectivity index (χ3n) is 2.69. The first-order valence-corrected chi connectivity index (χ1v) is 5.96. The molecule has 0 saturated heterocycles. The number of ether oxygens (including phenoxy) is 1. The van der Waals surface area contributed by atoms with Crippen LogP contribution in [0, 0.1) is 11.6 Å². The number of nitrogens with zero attached hydrogens (tertiary/aromatic N) is 1. The summed E-state index contributed by atoms with van der Waals surface area (Å²) in [6.45, 7) is 3.43. The Bertz CT molecular complexity index is 361. The lowest BCUT2D eigenvalue weighted by Gasteiger charge is -2.16. The van der Waals surface area contributed by atoms with Crippen molar-refractivity contribution in [3.8, 4) is 0 Å². The van der Waals surface area contributed by atoms with Crippen LogP contribution in [0.15, 0.2) is 18.2 Å². The van der Waals surface area contributed by atoms with Crippen molar-refractivity contribution in [2.75, 3.05) is 40.4 Å². The SMILES string of the molecule is COCCN(C)CCNCc1cccc(F)c1F. The van der Waals surface area contributed by atoms with E-state index in [-0.39, 0.29) is 0 Å². The standard InChI is InChI=1S/C13H20F2N2O/c1-17(8-9-18-2)7-6-16-10-11-4-3-5-12(14)13(11)15/h3-5,16H,6-10H2,1-2H3. The topological polar surface area (TPSA) is 24.5 Å². The van der Waals surface area contributed by atoms with Gasteiger partial charge in [0.25, 0.3) is 0 Å². The summed E-state index contributed by atoms with van der Waals surface area (Å²) in [5, 5.41) is 3.09. The first kappa shape index (κ1) is 15.0. The number of methoxy groups -OCH3 is 1. The van der Waals surface area contributed by atoms with Crippen molar-refractivity contribution in [1.82, 2.24) is 10.2 Å². The zero-order valence-corrected chi connectivity index (χ0v) is 10.9. The summed E-state index contributed by atoms with van der Waals surface area (Å²) >= 11 is 0. The van der Waals surface area contributed by atoms with Gasteiger partial charge in [-0.25, -0.2) is 8.78 Å². The van der Waals surface area contributed by atoms with Gasteiger partial charge in [0.2, 0.25) is 0 Å². The van der Waals surface area contributed by atoms with Crippen LogP contribution in [-0.4, -0.2) is 45.3 Å². The molecule has 3 nitrogen and oxygen atoms in total. The third-order valence-corrected chi connectivity index (χ3v) is 2.69. The highest BCUT2D eigenvalue weighted by molar-refractivity contribution is 5.18. The van der Waals surface area contributed by atoms with Crippen molar-refractivity contribution < 1.29 is 13.5 Å². The number of halogens is 2. The van der Waals surface area contributed by atoms with Crippen molar-refractivity contribution in [2.45, 2.75) is 6.54 Å². The zero-order valence-electron chi connectivity index (χ0n) is 10.9. The van der Waals surface area contributed by atoms with Gasteiger partial charge in [0.1, 0.15) is 0 Å². The normalized spacial score (nSPS) is 11.2. The Morgan fingerprint density at radius 3 is 2.78 bits per heavy atom. The van der Waals surface area contributed by atoms with E-state index in [9.17, 15) is 8.78 Å². The van der Waals surface area contributed by atoms with E-state index < -0.39 is 11.6 Å². The molecule has 0 heterocycles. The lowest BCUT2D eigenvalue weighted by Crippen LogP contribution is -2.31. The summed E-state index contributed by atoms with van der Waals surface area (Å²) in [5.41, 5.74) is 0.356. The summed E-state index contributed by atoms with van der Waals surface area (Å²) < 4.78 is 31.2. The molecule has 0 unspecified atom stereocenters. The van der Waals surface area contributed by atoms with Gasteiger partial charge in [0.05, 0.1) is 6.61 Å². The van der Waals surface area contributed by atoms with Crippen LogP contribution in [0.5, 0.6) is 0 Å². The van der Waals surface area contributed by atoms with Gasteiger partial charge in [-0.15, -0.1) is 0 Å². The van der Waals surface area contributed by atoms with Crippen LogP contribution in [0.1, 0.15) is 5.56 Å². The number of benzene rings is 1. The van der Waals surface area contributed by atoms with E-state index in [0.29, 0.717) is 18.7 Å². The molecule has 1 N–H and O–H groups in total. The fourth-order valence-electron chi connectivity index (χ4n) is 1.54. The second-order valence-electron chi connectivity index (χ2n) is 4.19. The third kappa shape index (κ3) is 5.08. The number of nitrogens with one attached hydrogen (secondary N) is 1. The van der Waals surface area contributed by atoms with Crippen LogP contribution in [0.25, 0.3) is 0 Å². The fraction of sp³-hybridized carbons (Fsp3) is 0.538. The Labute approximate surface area is 107 Å². The minimum Gasteiger partial charge on any atom is -0.383 e. The van der Waals surface area contributed by atoms with Gasteiger partial charge in [-0.05, 0) is 13.1 Å². The molecule has 0 atom stereocenters. The minimum atomic E-state index is -0.800. The van der Waals surface area contributed by atoms with E-state index in [2.05, 4.69) is 10.2 Å². The average molecular weight is 258 g/mol. The second-order valence-corrected chi connectivity index (χ2v) is 4.19. The van der Waals surface area contributed by atoms with E-state index >= 15 is 0 Å². The molecular formula is C13H20F2N2O.